The molecule has 2 atom stereocenters. The molecule has 0 rings (SSSR count). The summed E-state index contributed by atoms with van der Waals surface area (Å²) in [5.41, 5.74) is 4.87. The lowest BCUT2D eigenvalue weighted by molar-refractivity contribution is -0.144. The van der Waals surface area contributed by atoms with Gasteiger partial charge in [0, 0.05) is 0 Å². The molecule has 0 aliphatic carbocycles. The SMILES string of the molecule is CCCC(CCCOC(=O)C(CC(N)=O)S(=O)(=O)O)C(C)C. The first-order valence-electron chi connectivity index (χ1n) is 7.50. The summed E-state index contributed by atoms with van der Waals surface area (Å²) in [6, 6.07) is 0. The van der Waals surface area contributed by atoms with Gasteiger partial charge in [-0.15, -0.1) is 0 Å². The molecule has 0 saturated heterocycles. The quantitative estimate of drug-likeness (QED) is 0.334. The zero-order valence-electron chi connectivity index (χ0n) is 13.4. The standard InChI is InChI=1S/C14H27NO6S/c1-4-6-11(10(2)3)7-5-8-21-14(17)12(9-13(15)16)22(18,19)20/h10-12H,4-9H2,1-3H3,(H2,15,16)(H,18,19,20). The maximum Gasteiger partial charge on any atom is 0.327 e. The van der Waals surface area contributed by atoms with Crippen molar-refractivity contribution in [1.82, 2.24) is 0 Å². The van der Waals surface area contributed by atoms with Crippen LogP contribution in [0.5, 0.6) is 0 Å². The van der Waals surface area contributed by atoms with Crippen LogP contribution in [-0.4, -0.2) is 36.7 Å². The van der Waals surface area contributed by atoms with Crippen molar-refractivity contribution in [3.05, 3.63) is 0 Å². The van der Waals surface area contributed by atoms with Gasteiger partial charge in [0.25, 0.3) is 10.1 Å². The summed E-state index contributed by atoms with van der Waals surface area (Å²) in [6.07, 6.45) is 2.84. The second-order valence-corrected chi connectivity index (χ2v) is 7.38. The largest absolute Gasteiger partial charge is 0.465 e. The predicted octanol–water partition coefficient (Wildman–Crippen LogP) is 1.51. The molecule has 0 aromatic rings. The topological polar surface area (TPSA) is 124 Å². The van der Waals surface area contributed by atoms with Crippen molar-refractivity contribution in [2.24, 2.45) is 17.6 Å². The summed E-state index contributed by atoms with van der Waals surface area (Å²) in [4.78, 5) is 22.4. The van der Waals surface area contributed by atoms with Crippen molar-refractivity contribution < 1.29 is 27.3 Å². The maximum absolute atomic E-state index is 11.7. The van der Waals surface area contributed by atoms with Crippen LogP contribution in [0.25, 0.3) is 0 Å². The summed E-state index contributed by atoms with van der Waals surface area (Å²) in [7, 11) is -4.71. The van der Waals surface area contributed by atoms with E-state index in [0.29, 0.717) is 18.3 Å². The Labute approximate surface area is 132 Å². The first kappa shape index (κ1) is 20.9. The van der Waals surface area contributed by atoms with Gasteiger partial charge >= 0.3 is 5.97 Å². The average molecular weight is 337 g/mol. The Morgan fingerprint density at radius 3 is 2.23 bits per heavy atom. The molecule has 0 aliphatic heterocycles. The number of esters is 1. The summed E-state index contributed by atoms with van der Waals surface area (Å²) >= 11 is 0. The molecule has 0 radical (unpaired) electrons. The van der Waals surface area contributed by atoms with Crippen LogP contribution in [-0.2, 0) is 24.4 Å². The van der Waals surface area contributed by atoms with E-state index in [9.17, 15) is 18.0 Å². The third kappa shape index (κ3) is 8.33. The van der Waals surface area contributed by atoms with Gasteiger partial charge in [-0.2, -0.15) is 8.42 Å². The highest BCUT2D eigenvalue weighted by molar-refractivity contribution is 7.87. The van der Waals surface area contributed by atoms with Crippen LogP contribution in [0.2, 0.25) is 0 Å². The minimum Gasteiger partial charge on any atom is -0.465 e. The molecule has 130 valence electrons. The lowest BCUT2D eigenvalue weighted by atomic mass is 9.87. The summed E-state index contributed by atoms with van der Waals surface area (Å²) in [5, 5.41) is -1.94. The predicted molar refractivity (Wildman–Crippen MR) is 82.6 cm³/mol. The third-order valence-electron chi connectivity index (χ3n) is 3.57. The normalized spacial score (nSPS) is 14.6. The smallest absolute Gasteiger partial charge is 0.327 e. The Hall–Kier alpha value is -1.15. The van der Waals surface area contributed by atoms with Crippen LogP contribution >= 0.6 is 0 Å². The number of carbonyl (C=O) groups excluding carboxylic acids is 2. The van der Waals surface area contributed by atoms with Gasteiger partial charge in [-0.3, -0.25) is 14.1 Å². The Bertz CT molecular complexity index is 460. The van der Waals surface area contributed by atoms with Crippen LogP contribution in [0.15, 0.2) is 0 Å². The van der Waals surface area contributed by atoms with E-state index in [2.05, 4.69) is 20.8 Å². The van der Waals surface area contributed by atoms with E-state index in [4.69, 9.17) is 15.0 Å². The lowest BCUT2D eigenvalue weighted by Gasteiger charge is -2.20. The second kappa shape index (κ2) is 9.78. The molecule has 0 spiro atoms. The number of amides is 1. The van der Waals surface area contributed by atoms with E-state index in [-0.39, 0.29) is 6.61 Å². The van der Waals surface area contributed by atoms with Crippen molar-refractivity contribution in [1.29, 1.82) is 0 Å². The number of primary amides is 1. The molecule has 2 unspecified atom stereocenters. The second-order valence-electron chi connectivity index (χ2n) is 5.78. The highest BCUT2D eigenvalue weighted by Crippen LogP contribution is 2.22. The fourth-order valence-corrected chi connectivity index (χ4v) is 2.97. The van der Waals surface area contributed by atoms with Gasteiger partial charge in [0.2, 0.25) is 5.91 Å². The Kier molecular flexibility index (Phi) is 9.27. The van der Waals surface area contributed by atoms with Crippen LogP contribution in [0.4, 0.5) is 0 Å². The van der Waals surface area contributed by atoms with E-state index in [1.165, 1.54) is 0 Å². The Balaban J connectivity index is 4.38. The van der Waals surface area contributed by atoms with Crippen molar-refractivity contribution in [2.45, 2.75) is 58.1 Å². The number of hydrogen-bond donors (Lipinski definition) is 2. The van der Waals surface area contributed by atoms with Crippen LogP contribution in [0.1, 0.15) is 52.9 Å². The zero-order chi connectivity index (χ0) is 17.3. The third-order valence-corrected chi connectivity index (χ3v) is 4.65. The van der Waals surface area contributed by atoms with E-state index < -0.39 is 33.7 Å². The highest BCUT2D eigenvalue weighted by Gasteiger charge is 2.34. The van der Waals surface area contributed by atoms with Crippen molar-refractivity contribution in [3.8, 4) is 0 Å². The molecule has 0 aromatic heterocycles. The maximum atomic E-state index is 11.7. The zero-order valence-corrected chi connectivity index (χ0v) is 14.3. The number of carbonyl (C=O) groups is 2. The molecule has 8 heteroatoms. The summed E-state index contributed by atoms with van der Waals surface area (Å²) in [5.74, 6) is -1.09. The Morgan fingerprint density at radius 1 is 1.23 bits per heavy atom. The molecule has 0 saturated carbocycles. The summed E-state index contributed by atoms with van der Waals surface area (Å²) in [6.45, 7) is 6.42. The molecule has 3 N–H and O–H groups in total. The van der Waals surface area contributed by atoms with Crippen LogP contribution in [0, 0.1) is 11.8 Å². The van der Waals surface area contributed by atoms with Crippen molar-refractivity contribution in [2.75, 3.05) is 6.61 Å². The van der Waals surface area contributed by atoms with E-state index in [0.717, 1.165) is 19.3 Å². The molecule has 0 fully saturated rings. The van der Waals surface area contributed by atoms with Gasteiger partial charge in [-0.25, -0.2) is 0 Å². The minimum atomic E-state index is -4.71. The molecule has 0 bridgehead atoms. The molecule has 22 heavy (non-hydrogen) atoms. The van der Waals surface area contributed by atoms with Crippen molar-refractivity contribution >= 4 is 22.0 Å². The molecule has 0 aromatic carbocycles. The lowest BCUT2D eigenvalue weighted by Crippen LogP contribution is -2.36. The molecular weight excluding hydrogens is 310 g/mol. The van der Waals surface area contributed by atoms with Gasteiger partial charge < -0.3 is 10.5 Å². The fourth-order valence-electron chi connectivity index (χ4n) is 2.29. The number of rotatable bonds is 11. The number of ether oxygens (including phenoxy) is 1. The van der Waals surface area contributed by atoms with Gasteiger partial charge in [-0.1, -0.05) is 33.6 Å². The van der Waals surface area contributed by atoms with E-state index in [1.54, 1.807) is 0 Å². The monoisotopic (exact) mass is 337 g/mol. The molecule has 1 amide bonds. The van der Waals surface area contributed by atoms with E-state index in [1.807, 2.05) is 0 Å². The molecule has 0 heterocycles. The van der Waals surface area contributed by atoms with Gasteiger partial charge in [0.1, 0.15) is 0 Å². The van der Waals surface area contributed by atoms with Crippen LogP contribution < -0.4 is 5.73 Å². The van der Waals surface area contributed by atoms with Gasteiger partial charge in [-0.05, 0) is 24.7 Å². The van der Waals surface area contributed by atoms with Crippen LogP contribution in [0.3, 0.4) is 0 Å². The molecule has 7 nitrogen and oxygen atoms in total. The molecule has 0 aliphatic rings. The first-order chi connectivity index (χ1) is 10.1. The minimum absolute atomic E-state index is 0.0521. The van der Waals surface area contributed by atoms with Crippen molar-refractivity contribution in [3.63, 3.8) is 0 Å². The van der Waals surface area contributed by atoms with E-state index >= 15 is 0 Å². The highest BCUT2D eigenvalue weighted by atomic mass is 32.2. The number of hydrogen-bond acceptors (Lipinski definition) is 5. The average Bonchev–Trinajstić information content (AvgIpc) is 2.37. The van der Waals surface area contributed by atoms with Gasteiger partial charge in [0.15, 0.2) is 5.25 Å². The molecular formula is C14H27NO6S. The summed E-state index contributed by atoms with van der Waals surface area (Å²) < 4.78 is 35.9. The van der Waals surface area contributed by atoms with Gasteiger partial charge in [0.05, 0.1) is 13.0 Å². The Morgan fingerprint density at radius 2 is 1.82 bits per heavy atom. The first-order valence-corrected chi connectivity index (χ1v) is 9.01. The number of nitrogens with two attached hydrogens (primary N) is 1. The fraction of sp³-hybridized carbons (Fsp3) is 0.857.